The molecule has 3 aromatic rings. The number of nitrogens with one attached hydrogen (secondary N) is 1. The van der Waals surface area contributed by atoms with Gasteiger partial charge in [0.1, 0.15) is 11.6 Å². The van der Waals surface area contributed by atoms with Crippen molar-refractivity contribution in [1.82, 2.24) is 4.98 Å². The van der Waals surface area contributed by atoms with Crippen molar-refractivity contribution in [3.05, 3.63) is 60.2 Å². The number of hydrogen-bond acceptors (Lipinski definition) is 3. The highest BCUT2D eigenvalue weighted by Crippen LogP contribution is 2.40. The molecular weight excluding hydrogens is 348 g/mol. The van der Waals surface area contributed by atoms with E-state index in [4.69, 9.17) is 4.74 Å². The quantitative estimate of drug-likeness (QED) is 0.737. The topological polar surface area (TPSA) is 62.4 Å². The SMILES string of the molecule is COc1cccc(-c2c(N(C)S(C)(=O)=O)[nH]c(-c3ccccc3)c2C)c1. The van der Waals surface area contributed by atoms with Crippen molar-refractivity contribution in [2.75, 3.05) is 24.7 Å². The highest BCUT2D eigenvalue weighted by atomic mass is 32.2. The molecule has 0 radical (unpaired) electrons. The lowest BCUT2D eigenvalue weighted by molar-refractivity contribution is 0.415. The monoisotopic (exact) mass is 370 g/mol. The molecule has 0 aliphatic heterocycles. The largest absolute Gasteiger partial charge is 0.497 e. The van der Waals surface area contributed by atoms with E-state index in [9.17, 15) is 8.42 Å². The molecule has 0 spiro atoms. The molecule has 1 aromatic heterocycles. The van der Waals surface area contributed by atoms with Gasteiger partial charge in [-0.1, -0.05) is 42.5 Å². The predicted molar refractivity (Wildman–Crippen MR) is 106 cm³/mol. The van der Waals surface area contributed by atoms with Crippen LogP contribution in [0.1, 0.15) is 5.56 Å². The van der Waals surface area contributed by atoms with Crippen molar-refractivity contribution < 1.29 is 13.2 Å². The van der Waals surface area contributed by atoms with E-state index in [-0.39, 0.29) is 0 Å². The molecule has 5 nitrogen and oxygen atoms in total. The van der Waals surface area contributed by atoms with Crippen molar-refractivity contribution >= 4 is 15.8 Å². The van der Waals surface area contributed by atoms with E-state index in [0.29, 0.717) is 5.82 Å². The summed E-state index contributed by atoms with van der Waals surface area (Å²) in [5, 5.41) is 0. The number of anilines is 1. The third kappa shape index (κ3) is 3.32. The molecule has 0 atom stereocenters. The van der Waals surface area contributed by atoms with Gasteiger partial charge in [0.05, 0.1) is 19.1 Å². The fraction of sp³-hybridized carbons (Fsp3) is 0.200. The Morgan fingerprint density at radius 3 is 2.27 bits per heavy atom. The Bertz CT molecular complexity index is 1020. The summed E-state index contributed by atoms with van der Waals surface area (Å²) in [4.78, 5) is 3.31. The van der Waals surface area contributed by atoms with Gasteiger partial charge in [-0.15, -0.1) is 0 Å². The standard InChI is InChI=1S/C20H22N2O3S/c1-14-18(16-11-8-12-17(13-16)25-3)20(22(2)26(4,23)24)21-19(14)15-9-6-5-7-10-15/h5-13,21H,1-4H3. The van der Waals surface area contributed by atoms with Crippen LogP contribution in [0.15, 0.2) is 54.6 Å². The third-order valence-corrected chi connectivity index (χ3v) is 5.64. The molecule has 0 aliphatic rings. The van der Waals surface area contributed by atoms with Gasteiger partial charge in [-0.3, -0.25) is 4.31 Å². The van der Waals surface area contributed by atoms with E-state index < -0.39 is 10.0 Å². The minimum Gasteiger partial charge on any atom is -0.497 e. The van der Waals surface area contributed by atoms with Crippen molar-refractivity contribution in [1.29, 1.82) is 0 Å². The van der Waals surface area contributed by atoms with Gasteiger partial charge in [0.2, 0.25) is 10.0 Å². The zero-order valence-electron chi connectivity index (χ0n) is 15.3. The second-order valence-corrected chi connectivity index (χ2v) is 8.19. The van der Waals surface area contributed by atoms with Gasteiger partial charge in [0.25, 0.3) is 0 Å². The van der Waals surface area contributed by atoms with E-state index in [1.165, 1.54) is 10.6 Å². The van der Waals surface area contributed by atoms with Gasteiger partial charge < -0.3 is 9.72 Å². The summed E-state index contributed by atoms with van der Waals surface area (Å²) in [7, 11) is -0.249. The molecule has 3 rings (SSSR count). The third-order valence-electron chi connectivity index (χ3n) is 4.46. The summed E-state index contributed by atoms with van der Waals surface area (Å²) in [6.07, 6.45) is 1.20. The molecule has 0 aliphatic carbocycles. The maximum absolute atomic E-state index is 12.2. The number of sulfonamides is 1. The predicted octanol–water partition coefficient (Wildman–Crippen LogP) is 4.06. The van der Waals surface area contributed by atoms with Crippen molar-refractivity contribution in [2.45, 2.75) is 6.92 Å². The van der Waals surface area contributed by atoms with Gasteiger partial charge >= 0.3 is 0 Å². The lowest BCUT2D eigenvalue weighted by Gasteiger charge is -2.17. The molecule has 1 N–H and O–H groups in total. The van der Waals surface area contributed by atoms with Crippen molar-refractivity contribution in [2.24, 2.45) is 0 Å². The van der Waals surface area contributed by atoms with Crippen molar-refractivity contribution in [3.63, 3.8) is 0 Å². The molecule has 0 fully saturated rings. The molecule has 1 heterocycles. The Balaban J connectivity index is 2.28. The average Bonchev–Trinajstić information content (AvgIpc) is 2.98. The molecule has 26 heavy (non-hydrogen) atoms. The first-order valence-electron chi connectivity index (χ1n) is 8.19. The van der Waals surface area contributed by atoms with Crippen LogP contribution < -0.4 is 9.04 Å². The van der Waals surface area contributed by atoms with E-state index in [1.54, 1.807) is 14.2 Å². The first-order chi connectivity index (χ1) is 12.3. The number of hydrogen-bond donors (Lipinski definition) is 1. The van der Waals surface area contributed by atoms with Crippen LogP contribution in [0.2, 0.25) is 0 Å². The zero-order valence-corrected chi connectivity index (χ0v) is 16.1. The minimum absolute atomic E-state index is 0.539. The molecule has 0 unspecified atom stereocenters. The molecule has 0 amide bonds. The number of ether oxygens (including phenoxy) is 1. The molecule has 0 saturated heterocycles. The van der Waals surface area contributed by atoms with Crippen LogP contribution in [0.3, 0.4) is 0 Å². The summed E-state index contributed by atoms with van der Waals surface area (Å²) in [5.41, 5.74) is 4.62. The van der Waals surface area contributed by atoms with Crippen LogP contribution >= 0.6 is 0 Å². The molecular formula is C20H22N2O3S. The van der Waals surface area contributed by atoms with Crippen LogP contribution in [0.4, 0.5) is 5.82 Å². The number of benzene rings is 2. The lowest BCUT2D eigenvalue weighted by atomic mass is 10.00. The van der Waals surface area contributed by atoms with Gasteiger partial charge in [-0.25, -0.2) is 8.42 Å². The van der Waals surface area contributed by atoms with Gasteiger partial charge in [0, 0.05) is 12.6 Å². The molecule has 0 bridgehead atoms. The Kier molecular flexibility index (Phi) is 4.78. The Hall–Kier alpha value is -2.73. The number of aromatic nitrogens is 1. The maximum atomic E-state index is 12.2. The first kappa shape index (κ1) is 18.1. The Labute approximate surface area is 154 Å². The Morgan fingerprint density at radius 2 is 1.65 bits per heavy atom. The van der Waals surface area contributed by atoms with Crippen LogP contribution in [0.5, 0.6) is 5.75 Å². The highest BCUT2D eigenvalue weighted by molar-refractivity contribution is 7.92. The summed E-state index contributed by atoms with van der Waals surface area (Å²) in [6, 6.07) is 17.5. The number of H-pyrrole nitrogens is 1. The van der Waals surface area contributed by atoms with E-state index in [1.807, 2.05) is 61.5 Å². The lowest BCUT2D eigenvalue weighted by Crippen LogP contribution is -2.25. The van der Waals surface area contributed by atoms with Crippen molar-refractivity contribution in [3.8, 4) is 28.1 Å². The highest BCUT2D eigenvalue weighted by Gasteiger charge is 2.24. The molecule has 2 aromatic carbocycles. The number of rotatable bonds is 5. The minimum atomic E-state index is -3.42. The number of methoxy groups -OCH3 is 1. The van der Waals surface area contributed by atoms with E-state index in [2.05, 4.69) is 4.98 Å². The number of nitrogens with zero attached hydrogens (tertiary/aromatic N) is 1. The Morgan fingerprint density at radius 1 is 1.00 bits per heavy atom. The van der Waals surface area contributed by atoms with Gasteiger partial charge in [0.15, 0.2) is 0 Å². The smallest absolute Gasteiger partial charge is 0.233 e. The maximum Gasteiger partial charge on any atom is 0.233 e. The van der Waals surface area contributed by atoms with Gasteiger partial charge in [-0.05, 0) is 35.7 Å². The molecule has 6 heteroatoms. The molecule has 0 saturated carbocycles. The van der Waals surface area contributed by atoms with Crippen LogP contribution in [-0.2, 0) is 10.0 Å². The van der Waals surface area contributed by atoms with Crippen LogP contribution in [0.25, 0.3) is 22.4 Å². The zero-order chi connectivity index (χ0) is 18.9. The van der Waals surface area contributed by atoms with Crippen LogP contribution in [0, 0.1) is 6.92 Å². The second kappa shape index (κ2) is 6.88. The second-order valence-electron chi connectivity index (χ2n) is 6.18. The molecule has 136 valence electrons. The fourth-order valence-electron chi connectivity index (χ4n) is 3.00. The first-order valence-corrected chi connectivity index (χ1v) is 10.0. The van der Waals surface area contributed by atoms with E-state index in [0.717, 1.165) is 33.7 Å². The van der Waals surface area contributed by atoms with Crippen LogP contribution in [-0.4, -0.2) is 33.8 Å². The number of aromatic amines is 1. The normalized spacial score (nSPS) is 11.4. The van der Waals surface area contributed by atoms with E-state index >= 15 is 0 Å². The summed E-state index contributed by atoms with van der Waals surface area (Å²) in [5.74, 6) is 1.26. The average molecular weight is 370 g/mol. The fourth-order valence-corrected chi connectivity index (χ4v) is 3.47. The van der Waals surface area contributed by atoms with Gasteiger partial charge in [-0.2, -0.15) is 0 Å². The summed E-state index contributed by atoms with van der Waals surface area (Å²) < 4.78 is 31.0. The summed E-state index contributed by atoms with van der Waals surface area (Å²) in [6.45, 7) is 1.99. The summed E-state index contributed by atoms with van der Waals surface area (Å²) >= 11 is 0.